The number of rotatable bonds is 6. The van der Waals surface area contributed by atoms with Gasteiger partial charge in [-0.25, -0.2) is 0 Å². The van der Waals surface area contributed by atoms with Crippen molar-refractivity contribution in [1.82, 2.24) is 5.32 Å². The van der Waals surface area contributed by atoms with Gasteiger partial charge in [0.25, 0.3) is 0 Å². The molecule has 1 unspecified atom stereocenters. The molecular formula is C15H17Cl2NS. The lowest BCUT2D eigenvalue weighted by Gasteiger charge is -2.19. The zero-order chi connectivity index (χ0) is 13.7. The zero-order valence-electron chi connectivity index (χ0n) is 10.8. The summed E-state index contributed by atoms with van der Waals surface area (Å²) in [5, 5.41) is 6.90. The number of hydrogen-bond acceptors (Lipinski definition) is 2. The third-order valence-electron chi connectivity index (χ3n) is 3.07. The quantitative estimate of drug-likeness (QED) is 0.759. The van der Waals surface area contributed by atoms with Gasteiger partial charge < -0.3 is 5.32 Å². The fourth-order valence-corrected chi connectivity index (χ4v) is 3.31. The Morgan fingerprint density at radius 2 is 2.05 bits per heavy atom. The highest BCUT2D eigenvalue weighted by Crippen LogP contribution is 2.32. The van der Waals surface area contributed by atoms with Crippen molar-refractivity contribution in [3.63, 3.8) is 0 Å². The average Bonchev–Trinajstić information content (AvgIpc) is 2.91. The average molecular weight is 314 g/mol. The van der Waals surface area contributed by atoms with E-state index in [1.807, 2.05) is 12.1 Å². The number of halogens is 2. The molecule has 2 rings (SSSR count). The first-order chi connectivity index (χ1) is 9.22. The molecule has 0 aliphatic rings. The van der Waals surface area contributed by atoms with Crippen molar-refractivity contribution in [2.75, 3.05) is 6.54 Å². The van der Waals surface area contributed by atoms with Gasteiger partial charge in [0, 0.05) is 10.9 Å². The summed E-state index contributed by atoms with van der Waals surface area (Å²) in [6.07, 6.45) is 2.08. The summed E-state index contributed by atoms with van der Waals surface area (Å²) in [5.41, 5.74) is 1.09. The Kier molecular flexibility index (Phi) is 5.71. The molecule has 1 heterocycles. The van der Waals surface area contributed by atoms with Crippen LogP contribution in [0.15, 0.2) is 35.7 Å². The Balaban J connectivity index is 2.12. The first-order valence-electron chi connectivity index (χ1n) is 6.42. The molecule has 0 saturated heterocycles. The second-order valence-electron chi connectivity index (χ2n) is 4.37. The van der Waals surface area contributed by atoms with Crippen molar-refractivity contribution in [3.05, 3.63) is 56.2 Å². The van der Waals surface area contributed by atoms with Crippen LogP contribution in [0.25, 0.3) is 0 Å². The smallest absolute Gasteiger partial charge is 0.0640 e. The van der Waals surface area contributed by atoms with Crippen molar-refractivity contribution >= 4 is 34.5 Å². The molecule has 102 valence electrons. The van der Waals surface area contributed by atoms with Crippen LogP contribution in [-0.4, -0.2) is 6.54 Å². The maximum atomic E-state index is 6.32. The van der Waals surface area contributed by atoms with Gasteiger partial charge in [-0.3, -0.25) is 0 Å². The normalized spacial score (nSPS) is 12.6. The Labute approximate surface area is 128 Å². The Bertz CT molecular complexity index is 511. The fraction of sp³-hybridized carbons (Fsp3) is 0.333. The van der Waals surface area contributed by atoms with E-state index in [-0.39, 0.29) is 6.04 Å². The topological polar surface area (TPSA) is 12.0 Å². The molecule has 1 aromatic heterocycles. The maximum absolute atomic E-state index is 6.32. The summed E-state index contributed by atoms with van der Waals surface area (Å²) in [5.74, 6) is 0. The second-order valence-corrected chi connectivity index (χ2v) is 6.19. The van der Waals surface area contributed by atoms with Gasteiger partial charge in [0.05, 0.1) is 10.0 Å². The Hall–Kier alpha value is -0.540. The summed E-state index contributed by atoms with van der Waals surface area (Å²) >= 11 is 14.2. The van der Waals surface area contributed by atoms with E-state index in [0.29, 0.717) is 10.0 Å². The van der Waals surface area contributed by atoms with Crippen molar-refractivity contribution in [1.29, 1.82) is 0 Å². The van der Waals surface area contributed by atoms with E-state index in [2.05, 4.69) is 35.8 Å². The van der Waals surface area contributed by atoms with E-state index < -0.39 is 0 Å². The predicted molar refractivity (Wildman–Crippen MR) is 85.5 cm³/mol. The molecule has 0 amide bonds. The summed E-state index contributed by atoms with van der Waals surface area (Å²) in [6, 6.07) is 10.4. The van der Waals surface area contributed by atoms with E-state index in [1.165, 1.54) is 4.88 Å². The van der Waals surface area contributed by atoms with Crippen LogP contribution in [0.3, 0.4) is 0 Å². The van der Waals surface area contributed by atoms with E-state index in [0.717, 1.165) is 24.9 Å². The van der Waals surface area contributed by atoms with Crippen LogP contribution in [0.1, 0.15) is 29.8 Å². The highest BCUT2D eigenvalue weighted by Gasteiger charge is 2.15. The summed E-state index contributed by atoms with van der Waals surface area (Å²) in [7, 11) is 0. The Morgan fingerprint density at radius 3 is 2.74 bits per heavy atom. The molecule has 2 aromatic rings. The minimum atomic E-state index is 0.248. The van der Waals surface area contributed by atoms with Crippen LogP contribution in [0.5, 0.6) is 0 Å². The number of benzene rings is 1. The fourth-order valence-electron chi connectivity index (χ4n) is 2.14. The molecule has 1 atom stereocenters. The summed E-state index contributed by atoms with van der Waals surface area (Å²) in [6.45, 7) is 3.02. The van der Waals surface area contributed by atoms with E-state index in [4.69, 9.17) is 23.2 Å². The number of hydrogen-bond donors (Lipinski definition) is 1. The first kappa shape index (κ1) is 14.9. The van der Waals surface area contributed by atoms with E-state index >= 15 is 0 Å². The lowest BCUT2D eigenvalue weighted by molar-refractivity contribution is 0.517. The maximum Gasteiger partial charge on any atom is 0.0640 e. The molecule has 0 saturated carbocycles. The van der Waals surface area contributed by atoms with Gasteiger partial charge in [0.1, 0.15) is 0 Å². The molecule has 0 bridgehead atoms. The lowest BCUT2D eigenvalue weighted by atomic mass is 10.0. The molecule has 0 aliphatic heterocycles. The minimum absolute atomic E-state index is 0.248. The third-order valence-corrected chi connectivity index (χ3v) is 4.84. The molecule has 1 N–H and O–H groups in total. The standard InChI is InChI=1S/C15H17Cl2NS/c1-2-18-14(9-8-11-5-4-10-19-11)12-6-3-7-13(16)15(12)17/h3-7,10,14,18H,2,8-9H2,1H3. The predicted octanol–water partition coefficient (Wildman–Crippen LogP) is 5.34. The van der Waals surface area contributed by atoms with Crippen molar-refractivity contribution in [3.8, 4) is 0 Å². The van der Waals surface area contributed by atoms with Gasteiger partial charge >= 0.3 is 0 Å². The van der Waals surface area contributed by atoms with Gasteiger partial charge in [-0.05, 0) is 42.5 Å². The first-order valence-corrected chi connectivity index (χ1v) is 8.05. The monoisotopic (exact) mass is 313 g/mol. The van der Waals surface area contributed by atoms with Gasteiger partial charge in [-0.1, -0.05) is 48.3 Å². The van der Waals surface area contributed by atoms with Crippen LogP contribution in [0.4, 0.5) is 0 Å². The lowest BCUT2D eigenvalue weighted by Crippen LogP contribution is -2.21. The van der Waals surface area contributed by atoms with Gasteiger partial charge in [0.2, 0.25) is 0 Å². The SMILES string of the molecule is CCNC(CCc1cccs1)c1cccc(Cl)c1Cl. The molecular weight excluding hydrogens is 297 g/mol. The summed E-state index contributed by atoms with van der Waals surface area (Å²) in [4.78, 5) is 1.40. The van der Waals surface area contributed by atoms with Crippen molar-refractivity contribution in [2.45, 2.75) is 25.8 Å². The third kappa shape index (κ3) is 3.96. The molecule has 0 aliphatic carbocycles. The van der Waals surface area contributed by atoms with Crippen LogP contribution < -0.4 is 5.32 Å². The molecule has 1 aromatic carbocycles. The zero-order valence-corrected chi connectivity index (χ0v) is 13.2. The molecule has 0 spiro atoms. The van der Waals surface area contributed by atoms with Gasteiger partial charge in [-0.2, -0.15) is 0 Å². The molecule has 0 radical (unpaired) electrons. The highest BCUT2D eigenvalue weighted by molar-refractivity contribution is 7.09. The van der Waals surface area contributed by atoms with Crippen LogP contribution >= 0.6 is 34.5 Å². The number of nitrogens with one attached hydrogen (secondary N) is 1. The van der Waals surface area contributed by atoms with Gasteiger partial charge in [0.15, 0.2) is 0 Å². The van der Waals surface area contributed by atoms with Crippen molar-refractivity contribution < 1.29 is 0 Å². The molecule has 0 fully saturated rings. The Morgan fingerprint density at radius 1 is 1.21 bits per heavy atom. The largest absolute Gasteiger partial charge is 0.310 e. The minimum Gasteiger partial charge on any atom is -0.310 e. The van der Waals surface area contributed by atoms with Gasteiger partial charge in [-0.15, -0.1) is 11.3 Å². The van der Waals surface area contributed by atoms with Crippen LogP contribution in [0.2, 0.25) is 10.0 Å². The molecule has 4 heteroatoms. The van der Waals surface area contributed by atoms with Crippen molar-refractivity contribution in [2.24, 2.45) is 0 Å². The second kappa shape index (κ2) is 7.30. The molecule has 19 heavy (non-hydrogen) atoms. The van der Waals surface area contributed by atoms with E-state index in [1.54, 1.807) is 11.3 Å². The van der Waals surface area contributed by atoms with Crippen LogP contribution in [0, 0.1) is 0 Å². The number of aryl methyl sites for hydroxylation is 1. The molecule has 1 nitrogen and oxygen atoms in total. The van der Waals surface area contributed by atoms with Crippen LogP contribution in [-0.2, 0) is 6.42 Å². The number of thiophene rings is 1. The highest BCUT2D eigenvalue weighted by atomic mass is 35.5. The summed E-state index contributed by atoms with van der Waals surface area (Å²) < 4.78 is 0. The van der Waals surface area contributed by atoms with E-state index in [9.17, 15) is 0 Å².